The molecule has 0 saturated heterocycles. The zero-order chi connectivity index (χ0) is 18.4. The van der Waals surface area contributed by atoms with Gasteiger partial charge >= 0.3 is 0 Å². The predicted octanol–water partition coefficient (Wildman–Crippen LogP) is 5.67. The molecule has 3 aromatic rings. The predicted molar refractivity (Wildman–Crippen MR) is 116 cm³/mol. The van der Waals surface area contributed by atoms with Crippen LogP contribution in [0.3, 0.4) is 0 Å². The Morgan fingerprint density at radius 2 is 1.58 bits per heavy atom. The quantitative estimate of drug-likeness (QED) is 0.391. The Labute approximate surface area is 175 Å². The SMILES string of the molecule is O=C(COc1ccccc1)N(Cc1ccc(Br)cc1)c1ccccc1I. The number of ether oxygens (including phenoxy) is 1. The Morgan fingerprint density at radius 1 is 0.923 bits per heavy atom. The highest BCUT2D eigenvalue weighted by Gasteiger charge is 2.19. The Morgan fingerprint density at radius 3 is 2.27 bits per heavy atom. The molecule has 0 aromatic heterocycles. The van der Waals surface area contributed by atoms with Gasteiger partial charge < -0.3 is 9.64 Å². The lowest BCUT2D eigenvalue weighted by Gasteiger charge is -2.24. The highest BCUT2D eigenvalue weighted by atomic mass is 127. The number of halogens is 2. The zero-order valence-electron chi connectivity index (χ0n) is 13.9. The molecule has 0 aliphatic heterocycles. The van der Waals surface area contributed by atoms with Crippen molar-refractivity contribution in [1.29, 1.82) is 0 Å². The molecule has 5 heteroatoms. The number of carbonyl (C=O) groups excluding carboxylic acids is 1. The normalized spacial score (nSPS) is 10.4. The van der Waals surface area contributed by atoms with E-state index in [4.69, 9.17) is 4.74 Å². The van der Waals surface area contributed by atoms with Crippen LogP contribution < -0.4 is 9.64 Å². The van der Waals surface area contributed by atoms with Crippen LogP contribution in [-0.4, -0.2) is 12.5 Å². The number of anilines is 1. The van der Waals surface area contributed by atoms with Gasteiger partial charge in [-0.2, -0.15) is 0 Å². The lowest BCUT2D eigenvalue weighted by Crippen LogP contribution is -2.35. The minimum atomic E-state index is -0.0825. The van der Waals surface area contributed by atoms with E-state index < -0.39 is 0 Å². The first-order chi connectivity index (χ1) is 12.6. The summed E-state index contributed by atoms with van der Waals surface area (Å²) in [5, 5.41) is 0. The molecular formula is C21H17BrINO2. The van der Waals surface area contributed by atoms with Crippen molar-refractivity contribution in [1.82, 2.24) is 0 Å². The average Bonchev–Trinajstić information content (AvgIpc) is 2.67. The Bertz CT molecular complexity index is 869. The maximum atomic E-state index is 12.9. The summed E-state index contributed by atoms with van der Waals surface area (Å²) in [6, 6.07) is 25.2. The summed E-state index contributed by atoms with van der Waals surface area (Å²) in [6.07, 6.45) is 0. The number of nitrogens with zero attached hydrogens (tertiary/aromatic N) is 1. The molecule has 0 fully saturated rings. The highest BCUT2D eigenvalue weighted by Crippen LogP contribution is 2.25. The van der Waals surface area contributed by atoms with Crippen LogP contribution in [0.5, 0.6) is 5.75 Å². The second-order valence-corrected chi connectivity index (χ2v) is 7.74. The summed E-state index contributed by atoms with van der Waals surface area (Å²) < 4.78 is 7.70. The third kappa shape index (κ3) is 5.08. The van der Waals surface area contributed by atoms with Crippen molar-refractivity contribution in [2.24, 2.45) is 0 Å². The van der Waals surface area contributed by atoms with Gasteiger partial charge in [-0.25, -0.2) is 0 Å². The number of rotatable bonds is 6. The molecule has 0 saturated carbocycles. The highest BCUT2D eigenvalue weighted by molar-refractivity contribution is 14.1. The second-order valence-electron chi connectivity index (χ2n) is 5.66. The van der Waals surface area contributed by atoms with E-state index in [9.17, 15) is 4.79 Å². The molecular weight excluding hydrogens is 505 g/mol. The fourth-order valence-corrected chi connectivity index (χ4v) is 3.43. The fourth-order valence-electron chi connectivity index (χ4n) is 2.49. The number of hydrogen-bond donors (Lipinski definition) is 0. The smallest absolute Gasteiger partial charge is 0.265 e. The van der Waals surface area contributed by atoms with Gasteiger partial charge in [-0.05, 0) is 64.6 Å². The number of carbonyl (C=O) groups is 1. The first-order valence-electron chi connectivity index (χ1n) is 8.10. The fraction of sp³-hybridized carbons (Fsp3) is 0.0952. The van der Waals surface area contributed by atoms with Gasteiger partial charge in [-0.1, -0.05) is 58.4 Å². The van der Waals surface area contributed by atoms with Crippen LogP contribution in [0.15, 0.2) is 83.3 Å². The molecule has 26 heavy (non-hydrogen) atoms. The van der Waals surface area contributed by atoms with Crippen LogP contribution in [0.2, 0.25) is 0 Å². The van der Waals surface area contributed by atoms with Crippen LogP contribution in [0.25, 0.3) is 0 Å². The molecule has 0 bridgehead atoms. The molecule has 0 aliphatic carbocycles. The molecule has 0 aliphatic rings. The van der Waals surface area contributed by atoms with Crippen LogP contribution in [0.1, 0.15) is 5.56 Å². The lowest BCUT2D eigenvalue weighted by molar-refractivity contribution is -0.120. The van der Waals surface area contributed by atoms with E-state index in [1.54, 1.807) is 4.90 Å². The number of para-hydroxylation sites is 2. The molecule has 0 heterocycles. The standard InChI is InChI=1S/C21H17BrINO2/c22-17-12-10-16(11-13-17)14-24(20-9-5-4-8-19(20)23)21(25)15-26-18-6-2-1-3-7-18/h1-13H,14-15H2. The van der Waals surface area contributed by atoms with Gasteiger partial charge in [0.05, 0.1) is 12.2 Å². The topological polar surface area (TPSA) is 29.5 Å². The van der Waals surface area contributed by atoms with Gasteiger partial charge in [-0.15, -0.1) is 0 Å². The van der Waals surface area contributed by atoms with E-state index in [2.05, 4.69) is 38.5 Å². The van der Waals surface area contributed by atoms with E-state index in [-0.39, 0.29) is 12.5 Å². The van der Waals surface area contributed by atoms with Gasteiger partial charge in [0.2, 0.25) is 0 Å². The van der Waals surface area contributed by atoms with Crippen molar-refractivity contribution in [3.05, 3.63) is 92.5 Å². The monoisotopic (exact) mass is 521 g/mol. The Kier molecular flexibility index (Phi) is 6.68. The van der Waals surface area contributed by atoms with Gasteiger partial charge in [0.1, 0.15) is 5.75 Å². The summed E-state index contributed by atoms with van der Waals surface area (Å²) in [6.45, 7) is 0.482. The van der Waals surface area contributed by atoms with Crippen molar-refractivity contribution in [2.45, 2.75) is 6.54 Å². The molecule has 0 unspecified atom stereocenters. The third-order valence-corrected chi connectivity index (χ3v) is 5.24. The Hall–Kier alpha value is -1.86. The minimum Gasteiger partial charge on any atom is -0.484 e. The van der Waals surface area contributed by atoms with Crippen LogP contribution in [0, 0.1) is 3.57 Å². The number of benzene rings is 3. The minimum absolute atomic E-state index is 0.00842. The molecule has 0 atom stereocenters. The molecule has 132 valence electrons. The first kappa shape index (κ1) is 18.9. The Balaban J connectivity index is 1.81. The summed E-state index contributed by atoms with van der Waals surface area (Å²) in [5.74, 6) is 0.605. The van der Waals surface area contributed by atoms with E-state index in [1.807, 2.05) is 78.9 Å². The van der Waals surface area contributed by atoms with Crippen molar-refractivity contribution < 1.29 is 9.53 Å². The summed E-state index contributed by atoms with van der Waals surface area (Å²) in [5.41, 5.74) is 1.94. The first-order valence-corrected chi connectivity index (χ1v) is 9.98. The molecule has 1 amide bonds. The van der Waals surface area contributed by atoms with Crippen molar-refractivity contribution in [3.8, 4) is 5.75 Å². The molecule has 3 rings (SSSR count). The third-order valence-electron chi connectivity index (χ3n) is 3.80. The van der Waals surface area contributed by atoms with Crippen molar-refractivity contribution in [2.75, 3.05) is 11.5 Å². The van der Waals surface area contributed by atoms with E-state index in [0.29, 0.717) is 12.3 Å². The molecule has 3 aromatic carbocycles. The van der Waals surface area contributed by atoms with Gasteiger partial charge in [0.15, 0.2) is 6.61 Å². The maximum Gasteiger partial charge on any atom is 0.265 e. The number of hydrogen-bond acceptors (Lipinski definition) is 2. The van der Waals surface area contributed by atoms with Crippen LogP contribution in [0.4, 0.5) is 5.69 Å². The molecule has 0 spiro atoms. The van der Waals surface area contributed by atoms with E-state index >= 15 is 0 Å². The zero-order valence-corrected chi connectivity index (χ0v) is 17.7. The number of amides is 1. The second kappa shape index (κ2) is 9.19. The molecule has 0 N–H and O–H groups in total. The summed E-state index contributed by atoms with van der Waals surface area (Å²) >= 11 is 5.70. The van der Waals surface area contributed by atoms with Gasteiger partial charge in [-0.3, -0.25) is 4.79 Å². The average molecular weight is 522 g/mol. The van der Waals surface area contributed by atoms with Crippen molar-refractivity contribution in [3.63, 3.8) is 0 Å². The van der Waals surface area contributed by atoms with Crippen LogP contribution >= 0.6 is 38.5 Å². The van der Waals surface area contributed by atoms with Crippen LogP contribution in [-0.2, 0) is 11.3 Å². The van der Waals surface area contributed by atoms with Crippen molar-refractivity contribution >= 4 is 50.1 Å². The molecule has 3 nitrogen and oxygen atoms in total. The molecule has 0 radical (unpaired) electrons. The largest absolute Gasteiger partial charge is 0.484 e. The van der Waals surface area contributed by atoms with E-state index in [0.717, 1.165) is 19.3 Å². The summed E-state index contributed by atoms with van der Waals surface area (Å²) in [7, 11) is 0. The van der Waals surface area contributed by atoms with Gasteiger partial charge in [0, 0.05) is 8.04 Å². The van der Waals surface area contributed by atoms with Gasteiger partial charge in [0.25, 0.3) is 5.91 Å². The lowest BCUT2D eigenvalue weighted by atomic mass is 10.2. The summed E-state index contributed by atoms with van der Waals surface area (Å²) in [4.78, 5) is 14.7. The van der Waals surface area contributed by atoms with E-state index in [1.165, 1.54) is 0 Å². The maximum absolute atomic E-state index is 12.9.